The Balaban J connectivity index is 1.63. The number of piperidine rings is 1. The van der Waals surface area contributed by atoms with E-state index in [2.05, 4.69) is 20.3 Å². The SMILES string of the molecule is CCn1cc(C(=O)NC[C@]2(O)CCCN(c3ccccn3)C2)c(C)n1. The minimum atomic E-state index is -0.958. The van der Waals surface area contributed by atoms with Crippen molar-refractivity contribution in [1.29, 1.82) is 0 Å². The average Bonchev–Trinajstić information content (AvgIpc) is 3.02. The molecule has 1 fully saturated rings. The zero-order valence-electron chi connectivity index (χ0n) is 14.8. The van der Waals surface area contributed by atoms with Crippen LogP contribution in [0.1, 0.15) is 35.8 Å². The summed E-state index contributed by atoms with van der Waals surface area (Å²) in [6.07, 6.45) is 5.01. The minimum Gasteiger partial charge on any atom is -0.386 e. The molecule has 0 aromatic carbocycles. The summed E-state index contributed by atoms with van der Waals surface area (Å²) in [7, 11) is 0. The van der Waals surface area contributed by atoms with Crippen molar-refractivity contribution in [2.24, 2.45) is 0 Å². The number of amides is 1. The van der Waals surface area contributed by atoms with E-state index >= 15 is 0 Å². The summed E-state index contributed by atoms with van der Waals surface area (Å²) in [5.41, 5.74) is 0.299. The standard InChI is InChI=1S/C18H25N5O2/c1-3-23-11-15(14(2)21-23)17(24)20-12-18(25)8-6-10-22(13-18)16-7-4-5-9-19-16/h4-5,7,9,11,25H,3,6,8,10,12-13H2,1-2H3,(H,20,24)/t18-/m1/s1. The van der Waals surface area contributed by atoms with Crippen LogP contribution in [0.25, 0.3) is 0 Å². The Bertz CT molecular complexity index is 730. The minimum absolute atomic E-state index is 0.194. The molecule has 0 aliphatic carbocycles. The molecule has 2 aromatic rings. The van der Waals surface area contributed by atoms with Gasteiger partial charge in [0.05, 0.1) is 16.9 Å². The number of carbonyl (C=O) groups is 1. The third kappa shape index (κ3) is 3.99. The number of nitrogens with zero attached hydrogens (tertiary/aromatic N) is 4. The van der Waals surface area contributed by atoms with Crippen molar-refractivity contribution in [3.05, 3.63) is 41.9 Å². The van der Waals surface area contributed by atoms with E-state index in [9.17, 15) is 9.90 Å². The van der Waals surface area contributed by atoms with Gasteiger partial charge in [-0.3, -0.25) is 9.48 Å². The Morgan fingerprint density at radius 3 is 2.96 bits per heavy atom. The van der Waals surface area contributed by atoms with E-state index in [1.165, 1.54) is 0 Å². The summed E-state index contributed by atoms with van der Waals surface area (Å²) < 4.78 is 1.74. The predicted octanol–water partition coefficient (Wildman–Crippen LogP) is 1.37. The molecule has 1 aliphatic heterocycles. The highest BCUT2D eigenvalue weighted by Gasteiger charge is 2.34. The van der Waals surface area contributed by atoms with Crippen LogP contribution in [0, 0.1) is 6.92 Å². The van der Waals surface area contributed by atoms with E-state index in [1.54, 1.807) is 17.1 Å². The molecule has 3 heterocycles. The predicted molar refractivity (Wildman–Crippen MR) is 95.6 cm³/mol. The summed E-state index contributed by atoms with van der Waals surface area (Å²) in [6.45, 7) is 6.04. The molecular weight excluding hydrogens is 318 g/mol. The fourth-order valence-electron chi connectivity index (χ4n) is 3.24. The van der Waals surface area contributed by atoms with Crippen LogP contribution in [0.15, 0.2) is 30.6 Å². The number of aromatic nitrogens is 3. The van der Waals surface area contributed by atoms with Crippen LogP contribution in [0.4, 0.5) is 5.82 Å². The molecule has 2 aromatic heterocycles. The first kappa shape index (κ1) is 17.4. The Labute approximate surface area is 147 Å². The number of nitrogens with one attached hydrogen (secondary N) is 1. The molecule has 2 N–H and O–H groups in total. The number of β-amino-alcohol motifs (C(OH)–C–C–N with tert-alkyl or cyclic N) is 1. The van der Waals surface area contributed by atoms with Crippen molar-refractivity contribution in [2.45, 2.75) is 38.8 Å². The number of aryl methyl sites for hydroxylation is 2. The second-order valence-corrected chi connectivity index (χ2v) is 6.60. The van der Waals surface area contributed by atoms with Gasteiger partial charge in [0.25, 0.3) is 5.91 Å². The first-order valence-corrected chi connectivity index (χ1v) is 8.71. The summed E-state index contributed by atoms with van der Waals surface area (Å²) in [6, 6.07) is 5.75. The molecule has 7 heteroatoms. The molecule has 0 bridgehead atoms. The van der Waals surface area contributed by atoms with E-state index in [0.717, 1.165) is 25.3 Å². The molecule has 0 radical (unpaired) electrons. The van der Waals surface area contributed by atoms with Crippen LogP contribution in [-0.4, -0.2) is 51.0 Å². The van der Waals surface area contributed by atoms with Gasteiger partial charge in [0.15, 0.2) is 0 Å². The van der Waals surface area contributed by atoms with Crippen LogP contribution < -0.4 is 10.2 Å². The smallest absolute Gasteiger partial charge is 0.254 e. The van der Waals surface area contributed by atoms with E-state index in [1.807, 2.05) is 32.0 Å². The third-order valence-electron chi connectivity index (χ3n) is 4.62. The number of aliphatic hydroxyl groups is 1. The maximum atomic E-state index is 12.4. The number of hydrogen-bond donors (Lipinski definition) is 2. The number of hydrogen-bond acceptors (Lipinski definition) is 5. The fraction of sp³-hybridized carbons (Fsp3) is 0.500. The lowest BCUT2D eigenvalue weighted by Gasteiger charge is -2.39. The van der Waals surface area contributed by atoms with Crippen LogP contribution in [0.2, 0.25) is 0 Å². The lowest BCUT2D eigenvalue weighted by atomic mass is 9.92. The molecule has 0 saturated carbocycles. The zero-order valence-corrected chi connectivity index (χ0v) is 14.8. The van der Waals surface area contributed by atoms with Gasteiger partial charge < -0.3 is 15.3 Å². The van der Waals surface area contributed by atoms with Crippen molar-refractivity contribution in [2.75, 3.05) is 24.5 Å². The van der Waals surface area contributed by atoms with Crippen LogP contribution in [-0.2, 0) is 6.54 Å². The number of rotatable bonds is 5. The molecule has 1 atom stereocenters. The largest absolute Gasteiger partial charge is 0.386 e. The fourth-order valence-corrected chi connectivity index (χ4v) is 3.24. The van der Waals surface area contributed by atoms with Crippen molar-refractivity contribution >= 4 is 11.7 Å². The van der Waals surface area contributed by atoms with Crippen molar-refractivity contribution in [3.63, 3.8) is 0 Å². The van der Waals surface area contributed by atoms with Gasteiger partial charge >= 0.3 is 0 Å². The highest BCUT2D eigenvalue weighted by atomic mass is 16.3. The van der Waals surface area contributed by atoms with E-state index in [-0.39, 0.29) is 12.5 Å². The van der Waals surface area contributed by atoms with Crippen molar-refractivity contribution < 1.29 is 9.90 Å². The summed E-state index contributed by atoms with van der Waals surface area (Å²) >= 11 is 0. The van der Waals surface area contributed by atoms with Gasteiger partial charge in [-0.2, -0.15) is 5.10 Å². The van der Waals surface area contributed by atoms with Gasteiger partial charge in [-0.1, -0.05) is 6.07 Å². The maximum Gasteiger partial charge on any atom is 0.254 e. The summed E-state index contributed by atoms with van der Waals surface area (Å²) in [5, 5.41) is 18.1. The Morgan fingerprint density at radius 1 is 1.44 bits per heavy atom. The van der Waals surface area contributed by atoms with Gasteiger partial charge in [0, 0.05) is 38.6 Å². The Hall–Kier alpha value is -2.41. The van der Waals surface area contributed by atoms with Crippen molar-refractivity contribution in [3.8, 4) is 0 Å². The normalized spacial score (nSPS) is 20.5. The molecule has 1 amide bonds. The number of pyridine rings is 1. The quantitative estimate of drug-likeness (QED) is 0.857. The number of carbonyl (C=O) groups excluding carboxylic acids is 1. The van der Waals surface area contributed by atoms with E-state index < -0.39 is 5.60 Å². The first-order chi connectivity index (χ1) is 12.0. The van der Waals surface area contributed by atoms with Crippen LogP contribution in [0.5, 0.6) is 0 Å². The lowest BCUT2D eigenvalue weighted by molar-refractivity contribution is 0.0254. The molecule has 134 valence electrons. The van der Waals surface area contributed by atoms with E-state index in [4.69, 9.17) is 0 Å². The third-order valence-corrected chi connectivity index (χ3v) is 4.62. The van der Waals surface area contributed by atoms with Crippen LogP contribution in [0.3, 0.4) is 0 Å². The highest BCUT2D eigenvalue weighted by Crippen LogP contribution is 2.24. The maximum absolute atomic E-state index is 12.4. The Morgan fingerprint density at radius 2 is 2.28 bits per heavy atom. The van der Waals surface area contributed by atoms with Gasteiger partial charge in [0.1, 0.15) is 5.82 Å². The molecule has 1 aliphatic rings. The molecule has 0 spiro atoms. The molecular formula is C18H25N5O2. The average molecular weight is 343 g/mol. The summed E-state index contributed by atoms with van der Waals surface area (Å²) in [4.78, 5) is 18.8. The number of anilines is 1. The molecule has 3 rings (SSSR count). The summed E-state index contributed by atoms with van der Waals surface area (Å²) in [5.74, 6) is 0.660. The molecule has 25 heavy (non-hydrogen) atoms. The molecule has 0 unspecified atom stereocenters. The van der Waals surface area contributed by atoms with Gasteiger partial charge in [-0.15, -0.1) is 0 Å². The van der Waals surface area contributed by atoms with Gasteiger partial charge in [0.2, 0.25) is 0 Å². The van der Waals surface area contributed by atoms with Crippen molar-refractivity contribution in [1.82, 2.24) is 20.1 Å². The topological polar surface area (TPSA) is 83.3 Å². The highest BCUT2D eigenvalue weighted by molar-refractivity contribution is 5.95. The van der Waals surface area contributed by atoms with Gasteiger partial charge in [-0.05, 0) is 38.8 Å². The second-order valence-electron chi connectivity index (χ2n) is 6.60. The molecule has 1 saturated heterocycles. The Kier molecular flexibility index (Phi) is 5.03. The second kappa shape index (κ2) is 7.23. The molecule has 7 nitrogen and oxygen atoms in total. The van der Waals surface area contributed by atoms with E-state index in [0.29, 0.717) is 24.2 Å². The van der Waals surface area contributed by atoms with Gasteiger partial charge in [-0.25, -0.2) is 4.98 Å². The monoisotopic (exact) mass is 343 g/mol. The van der Waals surface area contributed by atoms with Crippen LogP contribution >= 0.6 is 0 Å². The zero-order chi connectivity index (χ0) is 17.9. The lowest BCUT2D eigenvalue weighted by Crippen LogP contribution is -2.54. The first-order valence-electron chi connectivity index (χ1n) is 8.71.